The van der Waals surface area contributed by atoms with Gasteiger partial charge in [-0.2, -0.15) is 0 Å². The standard InChI is InChI=1S/C12H16N2O4/c1-12(2,11(16)17)10(15)14-7-8-4-5-9(18-3)13-6-8/h4-6H,7H2,1-3H3,(H,14,15)(H,16,17). The summed E-state index contributed by atoms with van der Waals surface area (Å²) >= 11 is 0. The molecule has 0 unspecified atom stereocenters. The lowest BCUT2D eigenvalue weighted by molar-refractivity contribution is -0.153. The molecule has 0 bridgehead atoms. The number of carboxylic acid groups (broad SMARTS) is 1. The first-order valence-corrected chi connectivity index (χ1v) is 5.38. The van der Waals surface area contributed by atoms with Gasteiger partial charge in [0, 0.05) is 18.8 Å². The normalized spacial score (nSPS) is 10.8. The van der Waals surface area contributed by atoms with Crippen molar-refractivity contribution < 1.29 is 19.4 Å². The summed E-state index contributed by atoms with van der Waals surface area (Å²) in [5, 5.41) is 11.4. The smallest absolute Gasteiger partial charge is 0.318 e. The Hall–Kier alpha value is -2.11. The third kappa shape index (κ3) is 3.19. The van der Waals surface area contributed by atoms with Gasteiger partial charge in [-0.15, -0.1) is 0 Å². The fourth-order valence-corrected chi connectivity index (χ4v) is 1.14. The van der Waals surface area contributed by atoms with E-state index in [1.54, 1.807) is 18.3 Å². The average Bonchev–Trinajstić information content (AvgIpc) is 2.36. The molecule has 0 aromatic carbocycles. The van der Waals surface area contributed by atoms with Crippen LogP contribution in [-0.2, 0) is 16.1 Å². The molecule has 0 radical (unpaired) electrons. The Balaban J connectivity index is 2.60. The molecule has 0 aliphatic carbocycles. The van der Waals surface area contributed by atoms with Crippen LogP contribution in [0.15, 0.2) is 18.3 Å². The molecular weight excluding hydrogens is 236 g/mol. The monoisotopic (exact) mass is 252 g/mol. The van der Waals surface area contributed by atoms with E-state index in [1.165, 1.54) is 21.0 Å². The van der Waals surface area contributed by atoms with E-state index in [-0.39, 0.29) is 6.54 Å². The van der Waals surface area contributed by atoms with Gasteiger partial charge in [0.2, 0.25) is 11.8 Å². The van der Waals surface area contributed by atoms with Crippen molar-refractivity contribution in [3.8, 4) is 5.88 Å². The highest BCUT2D eigenvalue weighted by atomic mass is 16.5. The molecule has 0 atom stereocenters. The van der Waals surface area contributed by atoms with Crippen molar-refractivity contribution in [2.75, 3.05) is 7.11 Å². The van der Waals surface area contributed by atoms with Crippen LogP contribution in [-0.4, -0.2) is 29.1 Å². The second kappa shape index (κ2) is 5.48. The van der Waals surface area contributed by atoms with Crippen LogP contribution >= 0.6 is 0 Å². The van der Waals surface area contributed by atoms with Gasteiger partial charge in [0.15, 0.2) is 0 Å². The minimum absolute atomic E-state index is 0.229. The molecule has 18 heavy (non-hydrogen) atoms. The zero-order chi connectivity index (χ0) is 13.8. The van der Waals surface area contributed by atoms with Crippen LogP contribution < -0.4 is 10.1 Å². The lowest BCUT2D eigenvalue weighted by Crippen LogP contribution is -2.41. The Labute approximate surface area is 105 Å². The fraction of sp³-hybridized carbons (Fsp3) is 0.417. The van der Waals surface area contributed by atoms with Gasteiger partial charge in [0.05, 0.1) is 7.11 Å². The molecule has 98 valence electrons. The molecule has 0 aliphatic heterocycles. The van der Waals surface area contributed by atoms with Crippen molar-refractivity contribution in [1.29, 1.82) is 0 Å². The summed E-state index contributed by atoms with van der Waals surface area (Å²) in [6, 6.07) is 3.42. The minimum Gasteiger partial charge on any atom is -0.481 e. The summed E-state index contributed by atoms with van der Waals surface area (Å²) in [6.45, 7) is 2.94. The number of carboxylic acids is 1. The van der Waals surface area contributed by atoms with Crippen LogP contribution in [0.2, 0.25) is 0 Å². The largest absolute Gasteiger partial charge is 0.481 e. The van der Waals surface area contributed by atoms with Gasteiger partial charge in [-0.25, -0.2) is 4.98 Å². The number of carbonyl (C=O) groups is 2. The Bertz CT molecular complexity index is 440. The molecule has 0 saturated heterocycles. The van der Waals surface area contributed by atoms with Gasteiger partial charge in [0.1, 0.15) is 5.41 Å². The zero-order valence-electron chi connectivity index (χ0n) is 10.6. The Morgan fingerprint density at radius 3 is 2.56 bits per heavy atom. The fourth-order valence-electron chi connectivity index (χ4n) is 1.14. The Kier molecular flexibility index (Phi) is 4.25. The van der Waals surface area contributed by atoms with Crippen LogP contribution in [0.1, 0.15) is 19.4 Å². The molecule has 1 amide bonds. The molecule has 1 heterocycles. The first-order valence-electron chi connectivity index (χ1n) is 5.38. The van der Waals surface area contributed by atoms with Crippen LogP contribution in [0.3, 0.4) is 0 Å². The van der Waals surface area contributed by atoms with E-state index >= 15 is 0 Å². The number of hydrogen-bond donors (Lipinski definition) is 2. The molecule has 6 nitrogen and oxygen atoms in total. The minimum atomic E-state index is -1.44. The number of hydrogen-bond acceptors (Lipinski definition) is 4. The summed E-state index contributed by atoms with van der Waals surface area (Å²) in [7, 11) is 1.51. The Morgan fingerprint density at radius 1 is 1.44 bits per heavy atom. The second-order valence-corrected chi connectivity index (χ2v) is 4.32. The van der Waals surface area contributed by atoms with Gasteiger partial charge >= 0.3 is 5.97 Å². The van der Waals surface area contributed by atoms with Crippen LogP contribution in [0.25, 0.3) is 0 Å². The zero-order valence-corrected chi connectivity index (χ0v) is 10.6. The number of pyridine rings is 1. The number of carbonyl (C=O) groups excluding carboxylic acids is 1. The van der Waals surface area contributed by atoms with E-state index in [4.69, 9.17) is 9.84 Å². The van der Waals surface area contributed by atoms with Crippen molar-refractivity contribution in [1.82, 2.24) is 10.3 Å². The highest BCUT2D eigenvalue weighted by molar-refractivity contribution is 6.00. The van der Waals surface area contributed by atoms with Gasteiger partial charge in [-0.3, -0.25) is 9.59 Å². The van der Waals surface area contributed by atoms with Crippen LogP contribution in [0, 0.1) is 5.41 Å². The van der Waals surface area contributed by atoms with Crippen LogP contribution in [0.5, 0.6) is 5.88 Å². The average molecular weight is 252 g/mol. The number of nitrogens with one attached hydrogen (secondary N) is 1. The summed E-state index contributed by atoms with van der Waals surface area (Å²) < 4.78 is 4.90. The van der Waals surface area contributed by atoms with Crippen molar-refractivity contribution >= 4 is 11.9 Å². The van der Waals surface area contributed by atoms with E-state index < -0.39 is 17.3 Å². The maximum absolute atomic E-state index is 11.7. The molecule has 1 rings (SSSR count). The summed E-state index contributed by atoms with van der Waals surface area (Å²) in [5.74, 6) is -1.21. The molecular formula is C12H16N2O4. The third-order valence-electron chi connectivity index (χ3n) is 2.56. The molecule has 0 aliphatic rings. The van der Waals surface area contributed by atoms with Crippen molar-refractivity contribution in [3.63, 3.8) is 0 Å². The molecule has 1 aromatic rings. The number of rotatable bonds is 5. The molecule has 0 fully saturated rings. The SMILES string of the molecule is COc1ccc(CNC(=O)C(C)(C)C(=O)O)cn1. The lowest BCUT2D eigenvalue weighted by atomic mass is 9.92. The molecule has 2 N–H and O–H groups in total. The summed E-state index contributed by atoms with van der Waals surface area (Å²) in [4.78, 5) is 26.5. The molecule has 1 aromatic heterocycles. The van der Waals surface area contributed by atoms with E-state index in [2.05, 4.69) is 10.3 Å². The number of aromatic nitrogens is 1. The maximum atomic E-state index is 11.7. The first-order chi connectivity index (χ1) is 8.37. The van der Waals surface area contributed by atoms with Gasteiger partial charge in [-0.05, 0) is 19.4 Å². The summed E-state index contributed by atoms with van der Waals surface area (Å²) in [5.41, 5.74) is -0.676. The van der Waals surface area contributed by atoms with Gasteiger partial charge < -0.3 is 15.2 Å². The lowest BCUT2D eigenvalue weighted by Gasteiger charge is -2.18. The predicted molar refractivity (Wildman–Crippen MR) is 64.1 cm³/mol. The van der Waals surface area contributed by atoms with Crippen LogP contribution in [0.4, 0.5) is 0 Å². The van der Waals surface area contributed by atoms with Crippen molar-refractivity contribution in [3.05, 3.63) is 23.9 Å². The second-order valence-electron chi connectivity index (χ2n) is 4.32. The summed E-state index contributed by atoms with van der Waals surface area (Å²) in [6.07, 6.45) is 1.56. The maximum Gasteiger partial charge on any atom is 0.318 e. The number of ether oxygens (including phenoxy) is 1. The molecule has 0 saturated carbocycles. The number of methoxy groups -OCH3 is 1. The topological polar surface area (TPSA) is 88.5 Å². The molecule has 0 spiro atoms. The molecule has 6 heteroatoms. The highest BCUT2D eigenvalue weighted by Crippen LogP contribution is 2.15. The Morgan fingerprint density at radius 2 is 2.11 bits per heavy atom. The quantitative estimate of drug-likeness (QED) is 0.757. The van der Waals surface area contributed by atoms with E-state index in [1.807, 2.05) is 0 Å². The van der Waals surface area contributed by atoms with Crippen molar-refractivity contribution in [2.24, 2.45) is 5.41 Å². The van der Waals surface area contributed by atoms with Crippen molar-refractivity contribution in [2.45, 2.75) is 20.4 Å². The number of aliphatic carboxylic acids is 1. The predicted octanol–water partition coefficient (Wildman–Crippen LogP) is 0.817. The highest BCUT2D eigenvalue weighted by Gasteiger charge is 2.35. The van der Waals surface area contributed by atoms with Gasteiger partial charge in [0.25, 0.3) is 0 Å². The van der Waals surface area contributed by atoms with E-state index in [9.17, 15) is 9.59 Å². The number of amides is 1. The number of nitrogens with zero attached hydrogens (tertiary/aromatic N) is 1. The van der Waals surface area contributed by atoms with E-state index in [0.29, 0.717) is 5.88 Å². The van der Waals surface area contributed by atoms with E-state index in [0.717, 1.165) is 5.56 Å². The third-order valence-corrected chi connectivity index (χ3v) is 2.56. The van der Waals surface area contributed by atoms with Gasteiger partial charge in [-0.1, -0.05) is 6.07 Å². The first kappa shape index (κ1) is 14.0.